The Morgan fingerprint density at radius 3 is 2.82 bits per heavy atom. The highest BCUT2D eigenvalue weighted by Gasteiger charge is 2.09. The van der Waals surface area contributed by atoms with Crippen molar-refractivity contribution in [1.82, 2.24) is 14.8 Å². The van der Waals surface area contributed by atoms with E-state index < -0.39 is 0 Å². The highest BCUT2D eigenvalue weighted by atomic mass is 35.5. The summed E-state index contributed by atoms with van der Waals surface area (Å²) >= 11 is 0. The van der Waals surface area contributed by atoms with E-state index in [4.69, 9.17) is 5.73 Å². The van der Waals surface area contributed by atoms with Gasteiger partial charge in [0.1, 0.15) is 18.0 Å². The molecule has 1 aromatic carbocycles. The standard InChI is InChI=1S/C11H13FN4.ClH/c1-2-11-14-7-15-16(11)10-5-9(12)4-3-8(10)6-13;/h3-5,7H,2,6,13H2,1H3;1H. The molecule has 2 rings (SSSR count). The van der Waals surface area contributed by atoms with Gasteiger partial charge in [-0.1, -0.05) is 13.0 Å². The topological polar surface area (TPSA) is 56.7 Å². The molecule has 0 amide bonds. The molecule has 0 bridgehead atoms. The van der Waals surface area contributed by atoms with Crippen molar-refractivity contribution in [3.8, 4) is 5.69 Å². The summed E-state index contributed by atoms with van der Waals surface area (Å²) < 4.78 is 14.8. The molecule has 0 aliphatic carbocycles. The molecule has 0 saturated heterocycles. The van der Waals surface area contributed by atoms with E-state index >= 15 is 0 Å². The Morgan fingerprint density at radius 2 is 2.18 bits per heavy atom. The van der Waals surface area contributed by atoms with Crippen LogP contribution in [0.2, 0.25) is 0 Å². The molecule has 0 aliphatic heterocycles. The molecule has 0 fully saturated rings. The quantitative estimate of drug-likeness (QED) is 0.912. The second-order valence-corrected chi connectivity index (χ2v) is 3.42. The van der Waals surface area contributed by atoms with Gasteiger partial charge in [-0.3, -0.25) is 0 Å². The number of hydrogen-bond acceptors (Lipinski definition) is 3. The summed E-state index contributed by atoms with van der Waals surface area (Å²) in [5.74, 6) is 0.491. The maximum atomic E-state index is 13.2. The van der Waals surface area contributed by atoms with Gasteiger partial charge in [-0.2, -0.15) is 5.10 Å². The van der Waals surface area contributed by atoms with Crippen molar-refractivity contribution in [3.05, 3.63) is 41.7 Å². The minimum absolute atomic E-state index is 0. The summed E-state index contributed by atoms with van der Waals surface area (Å²) in [6, 6.07) is 4.50. The second kappa shape index (κ2) is 5.75. The molecule has 2 aromatic rings. The van der Waals surface area contributed by atoms with E-state index in [2.05, 4.69) is 10.1 Å². The van der Waals surface area contributed by atoms with Gasteiger partial charge in [0.2, 0.25) is 0 Å². The first-order chi connectivity index (χ1) is 7.76. The first kappa shape index (κ1) is 13.6. The van der Waals surface area contributed by atoms with Crippen LogP contribution in [0.5, 0.6) is 0 Å². The third-order valence-corrected chi connectivity index (χ3v) is 2.43. The molecule has 0 unspecified atom stereocenters. The molecule has 1 heterocycles. The van der Waals surface area contributed by atoms with Crippen molar-refractivity contribution < 1.29 is 4.39 Å². The number of aryl methyl sites for hydroxylation is 1. The molecule has 0 aliphatic rings. The molecule has 4 nitrogen and oxygen atoms in total. The Morgan fingerprint density at radius 1 is 1.41 bits per heavy atom. The van der Waals surface area contributed by atoms with E-state index in [1.54, 1.807) is 10.7 Å². The summed E-state index contributed by atoms with van der Waals surface area (Å²) in [6.45, 7) is 2.32. The Bertz CT molecular complexity index is 498. The van der Waals surface area contributed by atoms with Gasteiger partial charge >= 0.3 is 0 Å². The smallest absolute Gasteiger partial charge is 0.138 e. The molecule has 0 spiro atoms. The minimum Gasteiger partial charge on any atom is -0.326 e. The largest absolute Gasteiger partial charge is 0.326 e. The Hall–Kier alpha value is -1.46. The summed E-state index contributed by atoms with van der Waals surface area (Å²) in [6.07, 6.45) is 2.20. The van der Waals surface area contributed by atoms with Crippen LogP contribution in [-0.2, 0) is 13.0 Å². The van der Waals surface area contributed by atoms with Crippen molar-refractivity contribution in [1.29, 1.82) is 0 Å². The normalized spacial score (nSPS) is 10.1. The summed E-state index contributed by atoms with van der Waals surface area (Å²) in [7, 11) is 0. The first-order valence-corrected chi connectivity index (χ1v) is 5.14. The second-order valence-electron chi connectivity index (χ2n) is 3.42. The summed E-state index contributed by atoms with van der Waals surface area (Å²) in [5.41, 5.74) is 7.13. The van der Waals surface area contributed by atoms with Gasteiger partial charge in [0.15, 0.2) is 0 Å². The molecule has 0 atom stereocenters. The zero-order valence-corrected chi connectivity index (χ0v) is 10.2. The van der Waals surface area contributed by atoms with Gasteiger partial charge in [-0.15, -0.1) is 12.4 Å². The van der Waals surface area contributed by atoms with Gasteiger partial charge in [0.05, 0.1) is 5.69 Å². The lowest BCUT2D eigenvalue weighted by Gasteiger charge is -2.09. The van der Waals surface area contributed by atoms with Gasteiger partial charge < -0.3 is 5.73 Å². The van der Waals surface area contributed by atoms with Gasteiger partial charge in [0, 0.05) is 13.0 Å². The lowest BCUT2D eigenvalue weighted by atomic mass is 10.1. The molecule has 92 valence electrons. The van der Waals surface area contributed by atoms with Crippen LogP contribution in [0, 0.1) is 5.82 Å². The van der Waals surface area contributed by atoms with E-state index in [-0.39, 0.29) is 18.2 Å². The molecular formula is C11H14ClFN4. The number of halogens is 2. The Labute approximate surface area is 105 Å². The maximum Gasteiger partial charge on any atom is 0.138 e. The van der Waals surface area contributed by atoms with Crippen LogP contribution in [0.1, 0.15) is 18.3 Å². The fraction of sp³-hybridized carbons (Fsp3) is 0.273. The van der Waals surface area contributed by atoms with Gasteiger partial charge in [-0.05, 0) is 17.7 Å². The SMILES string of the molecule is CCc1ncnn1-c1cc(F)ccc1CN.Cl. The predicted octanol–water partition coefficient (Wildman–Crippen LogP) is 1.85. The molecular weight excluding hydrogens is 243 g/mol. The van der Waals surface area contributed by atoms with Gasteiger partial charge in [-0.25, -0.2) is 14.1 Å². The number of nitrogens with two attached hydrogens (primary N) is 1. The van der Waals surface area contributed by atoms with Crippen molar-refractivity contribution in [2.45, 2.75) is 19.9 Å². The number of aromatic nitrogens is 3. The summed E-state index contributed by atoms with van der Waals surface area (Å²) in [5, 5.41) is 4.09. The van der Waals surface area contributed by atoms with Crippen molar-refractivity contribution in [2.24, 2.45) is 5.73 Å². The maximum absolute atomic E-state index is 13.2. The number of hydrogen-bond donors (Lipinski definition) is 1. The van der Waals surface area contributed by atoms with E-state index in [0.29, 0.717) is 12.2 Å². The van der Waals surface area contributed by atoms with Gasteiger partial charge in [0.25, 0.3) is 0 Å². The first-order valence-electron chi connectivity index (χ1n) is 5.14. The molecule has 17 heavy (non-hydrogen) atoms. The van der Waals surface area contributed by atoms with E-state index in [1.165, 1.54) is 18.5 Å². The Balaban J connectivity index is 0.00000144. The lowest BCUT2D eigenvalue weighted by Crippen LogP contribution is -2.08. The lowest BCUT2D eigenvalue weighted by molar-refractivity contribution is 0.623. The van der Waals surface area contributed by atoms with Crippen LogP contribution in [-0.4, -0.2) is 14.8 Å². The molecule has 6 heteroatoms. The van der Waals surface area contributed by atoms with Crippen molar-refractivity contribution >= 4 is 12.4 Å². The average Bonchev–Trinajstić information content (AvgIpc) is 2.76. The molecule has 0 radical (unpaired) electrons. The molecule has 0 saturated carbocycles. The van der Waals surface area contributed by atoms with E-state index in [0.717, 1.165) is 17.8 Å². The van der Waals surface area contributed by atoms with E-state index in [1.807, 2.05) is 6.92 Å². The monoisotopic (exact) mass is 256 g/mol. The molecule has 2 N–H and O–H groups in total. The predicted molar refractivity (Wildman–Crippen MR) is 65.8 cm³/mol. The number of nitrogens with zero attached hydrogens (tertiary/aromatic N) is 3. The number of benzene rings is 1. The fourth-order valence-electron chi connectivity index (χ4n) is 1.61. The number of rotatable bonds is 3. The average molecular weight is 257 g/mol. The van der Waals surface area contributed by atoms with Crippen LogP contribution in [0.25, 0.3) is 5.69 Å². The fourth-order valence-corrected chi connectivity index (χ4v) is 1.61. The van der Waals surface area contributed by atoms with Crippen LogP contribution in [0.15, 0.2) is 24.5 Å². The zero-order chi connectivity index (χ0) is 11.5. The highest BCUT2D eigenvalue weighted by molar-refractivity contribution is 5.85. The summed E-state index contributed by atoms with van der Waals surface area (Å²) in [4.78, 5) is 4.10. The molecule has 1 aromatic heterocycles. The van der Waals surface area contributed by atoms with E-state index in [9.17, 15) is 4.39 Å². The van der Waals surface area contributed by atoms with Crippen molar-refractivity contribution in [3.63, 3.8) is 0 Å². The minimum atomic E-state index is -0.301. The van der Waals surface area contributed by atoms with Crippen LogP contribution in [0.3, 0.4) is 0 Å². The third-order valence-electron chi connectivity index (χ3n) is 2.43. The van der Waals surface area contributed by atoms with Crippen LogP contribution in [0.4, 0.5) is 4.39 Å². The van der Waals surface area contributed by atoms with Crippen LogP contribution < -0.4 is 5.73 Å². The Kier molecular flexibility index (Phi) is 4.60. The third kappa shape index (κ3) is 2.62. The van der Waals surface area contributed by atoms with Crippen LogP contribution >= 0.6 is 12.4 Å². The van der Waals surface area contributed by atoms with Crippen molar-refractivity contribution in [2.75, 3.05) is 0 Å². The highest BCUT2D eigenvalue weighted by Crippen LogP contribution is 2.16. The zero-order valence-electron chi connectivity index (χ0n) is 9.43.